The summed E-state index contributed by atoms with van der Waals surface area (Å²) in [6, 6.07) is 21.4. The molecular weight excluding hydrogens is 370 g/mol. The highest BCUT2D eigenvalue weighted by Crippen LogP contribution is 2.21. The molecule has 0 bridgehead atoms. The van der Waals surface area contributed by atoms with Crippen LogP contribution in [0.2, 0.25) is 0 Å². The lowest BCUT2D eigenvalue weighted by Gasteiger charge is -2.09. The topological polar surface area (TPSA) is 91.2 Å². The molecule has 0 saturated heterocycles. The van der Waals surface area contributed by atoms with Gasteiger partial charge in [0.15, 0.2) is 12.4 Å². The Hall–Kier alpha value is -4.20. The molecule has 0 radical (unpaired) electrons. The number of hydrogen-bond acceptors (Lipinski definition) is 6. The van der Waals surface area contributed by atoms with Gasteiger partial charge in [-0.3, -0.25) is 4.79 Å². The summed E-state index contributed by atoms with van der Waals surface area (Å²) in [6.45, 7) is -0.0690. The molecule has 29 heavy (non-hydrogen) atoms. The molecule has 0 saturated carbocycles. The van der Waals surface area contributed by atoms with E-state index in [4.69, 9.17) is 9.47 Å². The third-order valence-corrected chi connectivity index (χ3v) is 3.84. The van der Waals surface area contributed by atoms with Gasteiger partial charge in [-0.1, -0.05) is 18.2 Å². The fraction of sp³-hybridized carbons (Fsp3) is 0.0476. The lowest BCUT2D eigenvalue weighted by Crippen LogP contribution is -2.20. The second kappa shape index (κ2) is 8.66. The molecule has 1 amide bonds. The van der Waals surface area contributed by atoms with Gasteiger partial charge in [0, 0.05) is 24.1 Å². The van der Waals surface area contributed by atoms with Crippen molar-refractivity contribution in [3.8, 4) is 23.2 Å². The first-order valence-electron chi connectivity index (χ1n) is 8.86. The van der Waals surface area contributed by atoms with Gasteiger partial charge in [-0.2, -0.15) is 5.10 Å². The van der Waals surface area contributed by atoms with Gasteiger partial charge in [-0.15, -0.1) is 10.2 Å². The second-order valence-electron chi connectivity index (χ2n) is 5.96. The number of para-hydroxylation sites is 1. The van der Waals surface area contributed by atoms with Crippen molar-refractivity contribution >= 4 is 11.6 Å². The summed E-state index contributed by atoms with van der Waals surface area (Å²) in [5.74, 6) is 1.92. The molecule has 0 aliphatic carbocycles. The maximum absolute atomic E-state index is 12.0. The first kappa shape index (κ1) is 18.2. The van der Waals surface area contributed by atoms with Crippen molar-refractivity contribution in [2.45, 2.75) is 0 Å². The van der Waals surface area contributed by atoms with Crippen LogP contribution in [0.4, 0.5) is 5.69 Å². The molecule has 2 aromatic carbocycles. The summed E-state index contributed by atoms with van der Waals surface area (Å²) in [5.41, 5.74) is 0.638. The lowest BCUT2D eigenvalue weighted by molar-refractivity contribution is -0.118. The number of carbonyl (C=O) groups is 1. The van der Waals surface area contributed by atoms with Crippen LogP contribution < -0.4 is 14.8 Å². The van der Waals surface area contributed by atoms with E-state index >= 15 is 0 Å². The third-order valence-electron chi connectivity index (χ3n) is 3.84. The SMILES string of the molecule is O=C(COc1ccccc1)Nc1ccc(Oc2ccc(-n3cccn3)nn2)cc1. The first-order valence-corrected chi connectivity index (χ1v) is 8.86. The van der Waals surface area contributed by atoms with Crippen molar-refractivity contribution in [3.05, 3.63) is 85.2 Å². The molecule has 0 aliphatic rings. The van der Waals surface area contributed by atoms with Crippen LogP contribution in [0, 0.1) is 0 Å². The Labute approximate surface area is 166 Å². The quantitative estimate of drug-likeness (QED) is 0.522. The highest BCUT2D eigenvalue weighted by molar-refractivity contribution is 5.91. The number of hydrogen-bond donors (Lipinski definition) is 1. The van der Waals surface area contributed by atoms with Crippen molar-refractivity contribution in [3.63, 3.8) is 0 Å². The summed E-state index contributed by atoms with van der Waals surface area (Å²) in [5, 5.41) is 15.0. The van der Waals surface area contributed by atoms with Crippen molar-refractivity contribution in [1.29, 1.82) is 0 Å². The number of nitrogens with zero attached hydrogens (tertiary/aromatic N) is 4. The van der Waals surface area contributed by atoms with Crippen LogP contribution in [0.1, 0.15) is 0 Å². The highest BCUT2D eigenvalue weighted by Gasteiger charge is 2.06. The van der Waals surface area contributed by atoms with Gasteiger partial charge >= 0.3 is 0 Å². The molecule has 2 aromatic heterocycles. The van der Waals surface area contributed by atoms with E-state index in [-0.39, 0.29) is 12.5 Å². The van der Waals surface area contributed by atoms with Gasteiger partial charge < -0.3 is 14.8 Å². The Kier molecular flexibility index (Phi) is 5.43. The summed E-state index contributed by atoms with van der Waals surface area (Å²) in [7, 11) is 0. The minimum atomic E-state index is -0.248. The Morgan fingerprint density at radius 3 is 2.41 bits per heavy atom. The Morgan fingerprint density at radius 1 is 0.897 bits per heavy atom. The van der Waals surface area contributed by atoms with Gasteiger partial charge in [0.2, 0.25) is 5.88 Å². The second-order valence-corrected chi connectivity index (χ2v) is 5.96. The maximum Gasteiger partial charge on any atom is 0.262 e. The maximum atomic E-state index is 12.0. The monoisotopic (exact) mass is 387 g/mol. The van der Waals surface area contributed by atoms with E-state index in [9.17, 15) is 4.79 Å². The van der Waals surface area contributed by atoms with E-state index in [0.29, 0.717) is 28.9 Å². The summed E-state index contributed by atoms with van der Waals surface area (Å²) >= 11 is 0. The van der Waals surface area contributed by atoms with E-state index in [0.717, 1.165) is 0 Å². The van der Waals surface area contributed by atoms with Gasteiger partial charge in [0.05, 0.1) is 0 Å². The van der Waals surface area contributed by atoms with Gasteiger partial charge in [-0.25, -0.2) is 4.68 Å². The number of ether oxygens (including phenoxy) is 2. The van der Waals surface area contributed by atoms with Crippen LogP contribution in [0.15, 0.2) is 85.2 Å². The van der Waals surface area contributed by atoms with Crippen LogP contribution in [0.5, 0.6) is 17.4 Å². The molecule has 0 unspecified atom stereocenters. The minimum absolute atomic E-state index is 0.0690. The van der Waals surface area contributed by atoms with Crippen LogP contribution in [-0.2, 0) is 4.79 Å². The third kappa shape index (κ3) is 4.95. The molecule has 0 fully saturated rings. The zero-order valence-electron chi connectivity index (χ0n) is 15.3. The van der Waals surface area contributed by atoms with Crippen molar-refractivity contribution in [1.82, 2.24) is 20.0 Å². The molecule has 8 nitrogen and oxygen atoms in total. The van der Waals surface area contributed by atoms with Crippen molar-refractivity contribution < 1.29 is 14.3 Å². The largest absolute Gasteiger partial charge is 0.484 e. The van der Waals surface area contributed by atoms with E-state index in [1.807, 2.05) is 18.2 Å². The Bertz CT molecular complexity index is 1050. The summed E-state index contributed by atoms with van der Waals surface area (Å²) in [4.78, 5) is 12.0. The van der Waals surface area contributed by atoms with Gasteiger partial charge in [0.1, 0.15) is 11.5 Å². The smallest absolute Gasteiger partial charge is 0.262 e. The summed E-state index contributed by atoms with van der Waals surface area (Å²) < 4.78 is 12.7. The zero-order chi connectivity index (χ0) is 19.9. The molecule has 4 rings (SSSR count). The molecule has 1 N–H and O–H groups in total. The van der Waals surface area contributed by atoms with E-state index in [1.54, 1.807) is 71.7 Å². The van der Waals surface area contributed by atoms with Crippen molar-refractivity contribution in [2.24, 2.45) is 0 Å². The average molecular weight is 387 g/mol. The molecule has 0 spiro atoms. The molecule has 4 aromatic rings. The molecule has 8 heteroatoms. The predicted molar refractivity (Wildman–Crippen MR) is 106 cm³/mol. The number of carbonyl (C=O) groups excluding carboxylic acids is 1. The van der Waals surface area contributed by atoms with Crippen LogP contribution in [0.25, 0.3) is 5.82 Å². The normalized spacial score (nSPS) is 10.3. The number of benzene rings is 2. The number of amides is 1. The highest BCUT2D eigenvalue weighted by atomic mass is 16.5. The fourth-order valence-electron chi connectivity index (χ4n) is 2.48. The Balaban J connectivity index is 1.30. The van der Waals surface area contributed by atoms with Gasteiger partial charge in [-0.05, 0) is 48.5 Å². The van der Waals surface area contributed by atoms with Gasteiger partial charge in [0.25, 0.3) is 5.91 Å². The molecule has 2 heterocycles. The Morgan fingerprint density at radius 2 is 1.72 bits per heavy atom. The van der Waals surface area contributed by atoms with Crippen LogP contribution >= 0.6 is 0 Å². The molecule has 0 aliphatic heterocycles. The summed E-state index contributed by atoms with van der Waals surface area (Å²) in [6.07, 6.45) is 3.45. The number of nitrogens with one attached hydrogen (secondary N) is 1. The zero-order valence-corrected chi connectivity index (χ0v) is 15.3. The van der Waals surface area contributed by atoms with Crippen LogP contribution in [0.3, 0.4) is 0 Å². The average Bonchev–Trinajstić information content (AvgIpc) is 3.30. The standard InChI is InChI=1S/C21H17N5O3/c27-20(15-28-17-5-2-1-3-6-17)23-16-7-9-18(10-8-16)29-21-12-11-19(24-25-21)26-14-4-13-22-26/h1-14H,15H2,(H,23,27). The minimum Gasteiger partial charge on any atom is -0.484 e. The number of rotatable bonds is 7. The van der Waals surface area contributed by atoms with E-state index in [2.05, 4.69) is 20.6 Å². The molecule has 144 valence electrons. The number of anilines is 1. The van der Waals surface area contributed by atoms with Crippen LogP contribution in [-0.4, -0.2) is 32.5 Å². The molecule has 0 atom stereocenters. The lowest BCUT2D eigenvalue weighted by atomic mass is 10.3. The van der Waals surface area contributed by atoms with E-state index in [1.165, 1.54) is 0 Å². The van der Waals surface area contributed by atoms with Crippen molar-refractivity contribution in [2.75, 3.05) is 11.9 Å². The first-order chi connectivity index (χ1) is 14.3. The number of aromatic nitrogens is 4. The predicted octanol–water partition coefficient (Wildman–Crippen LogP) is 3.47. The molecular formula is C21H17N5O3. The van der Waals surface area contributed by atoms with E-state index < -0.39 is 0 Å². The fourth-order valence-corrected chi connectivity index (χ4v) is 2.48.